The zero-order chi connectivity index (χ0) is 33.6. The molecule has 0 spiro atoms. The normalized spacial score (nSPS) is 28.8. The molecule has 3 aromatic carbocycles. The Kier molecular flexibility index (Phi) is 7.31. The molecule has 0 radical (unpaired) electrons. The number of rotatable bonds is 4. The molecule has 3 heterocycles. The van der Waals surface area contributed by atoms with Crippen molar-refractivity contribution >= 4 is 74.5 Å². The maximum Gasteiger partial charge on any atom is 0.0964 e. The molecule has 7 aliphatic rings. The zero-order valence-electron chi connectivity index (χ0n) is 29.2. The molecule has 1 nitrogen and oxygen atoms in total. The van der Waals surface area contributed by atoms with Crippen molar-refractivity contribution in [3.63, 3.8) is 0 Å². The standard InChI is InChI=1S/C47H43NS2Si/c1-51-44-26-24-38-36-12-4-7-16-42(36)50-47(38)46(44)39-23-21-33(28-45(39)51)48(32-22-25-43-40(27-32)37-13-5-6-15-41(37)49-43)31-19-17-30(18-20-31)35-14-8-10-29-9-2-3-11-34(29)35/h2-5,7,9-13,16-17,19,21-27,33,37,40-41,43,51H,6,8,14-15,18,20,28H2,1H3. The van der Waals surface area contributed by atoms with E-state index in [1.807, 2.05) is 11.3 Å². The predicted molar refractivity (Wildman–Crippen MR) is 224 cm³/mol. The number of thiophene rings is 1. The van der Waals surface area contributed by atoms with Gasteiger partial charge in [0.15, 0.2) is 0 Å². The van der Waals surface area contributed by atoms with Crippen molar-refractivity contribution in [1.82, 2.24) is 4.90 Å². The van der Waals surface area contributed by atoms with Gasteiger partial charge >= 0.3 is 0 Å². The van der Waals surface area contributed by atoms with Crippen LogP contribution in [0.3, 0.4) is 0 Å². The summed E-state index contributed by atoms with van der Waals surface area (Å²) in [4.78, 5) is 2.79. The van der Waals surface area contributed by atoms with Crippen molar-refractivity contribution in [2.75, 3.05) is 0 Å². The molecule has 4 aromatic rings. The Morgan fingerprint density at radius 2 is 1.75 bits per heavy atom. The minimum atomic E-state index is -1.28. The van der Waals surface area contributed by atoms with Gasteiger partial charge in [-0.25, -0.2) is 0 Å². The van der Waals surface area contributed by atoms with Crippen LogP contribution in [-0.2, 0) is 0 Å². The molecule has 6 atom stereocenters. The molecule has 1 saturated heterocycles. The second kappa shape index (κ2) is 12.1. The smallest absolute Gasteiger partial charge is 0.0964 e. The average molecular weight is 714 g/mol. The maximum absolute atomic E-state index is 2.79. The van der Waals surface area contributed by atoms with Crippen molar-refractivity contribution in [2.24, 2.45) is 11.8 Å². The summed E-state index contributed by atoms with van der Waals surface area (Å²) in [7, 11) is -1.28. The Labute approximate surface area is 311 Å². The Bertz CT molecular complexity index is 2500. The number of nitrogens with zero attached hydrogens (tertiary/aromatic N) is 1. The first-order valence-electron chi connectivity index (χ1n) is 19.3. The van der Waals surface area contributed by atoms with E-state index in [4.69, 9.17) is 0 Å². The fraction of sp³-hybridized carbons (Fsp3) is 0.277. The number of fused-ring (bicyclic) bond motifs is 10. The van der Waals surface area contributed by atoms with Crippen LogP contribution in [0.15, 0.2) is 138 Å². The van der Waals surface area contributed by atoms with Crippen molar-refractivity contribution in [2.45, 2.75) is 68.0 Å². The van der Waals surface area contributed by atoms with Crippen LogP contribution in [0.25, 0.3) is 37.4 Å². The van der Waals surface area contributed by atoms with Gasteiger partial charge in [-0.3, -0.25) is 0 Å². The molecule has 11 rings (SSSR count). The van der Waals surface area contributed by atoms with Crippen LogP contribution in [-0.4, -0.2) is 30.2 Å². The fourth-order valence-corrected chi connectivity index (χ4v) is 16.4. The van der Waals surface area contributed by atoms with E-state index in [0.29, 0.717) is 23.1 Å². The lowest BCUT2D eigenvalue weighted by Crippen LogP contribution is -2.37. The molecule has 0 N–H and O–H groups in total. The first-order chi connectivity index (χ1) is 25.2. The van der Waals surface area contributed by atoms with E-state index in [9.17, 15) is 0 Å². The lowest BCUT2D eigenvalue weighted by atomic mass is 9.80. The minimum Gasteiger partial charge on any atom is -0.338 e. The number of allylic oxidation sites excluding steroid dienone is 10. The summed E-state index contributed by atoms with van der Waals surface area (Å²) in [6, 6.07) is 23.3. The van der Waals surface area contributed by atoms with E-state index in [2.05, 4.69) is 145 Å². The molecule has 5 aliphatic carbocycles. The van der Waals surface area contributed by atoms with Crippen LogP contribution in [0.1, 0.15) is 50.5 Å². The quantitative estimate of drug-likeness (QED) is 0.153. The minimum absolute atomic E-state index is 0.337. The Morgan fingerprint density at radius 1 is 0.824 bits per heavy atom. The molecule has 4 heteroatoms. The summed E-state index contributed by atoms with van der Waals surface area (Å²) < 4.78 is 2.91. The van der Waals surface area contributed by atoms with Gasteiger partial charge in [0.1, 0.15) is 0 Å². The summed E-state index contributed by atoms with van der Waals surface area (Å²) in [6.45, 7) is 2.60. The van der Waals surface area contributed by atoms with Crippen LogP contribution < -0.4 is 15.6 Å². The van der Waals surface area contributed by atoms with E-state index in [1.54, 1.807) is 32.7 Å². The van der Waals surface area contributed by atoms with E-state index >= 15 is 0 Å². The Morgan fingerprint density at radius 3 is 2.69 bits per heavy atom. The van der Waals surface area contributed by atoms with Gasteiger partial charge in [-0.2, -0.15) is 0 Å². The van der Waals surface area contributed by atoms with E-state index in [1.165, 1.54) is 54.8 Å². The summed E-state index contributed by atoms with van der Waals surface area (Å²) in [6.07, 6.45) is 33.5. The summed E-state index contributed by atoms with van der Waals surface area (Å²) in [5.41, 5.74) is 9.14. The van der Waals surface area contributed by atoms with Crippen molar-refractivity contribution < 1.29 is 0 Å². The van der Waals surface area contributed by atoms with Crippen LogP contribution in [0, 0.1) is 11.8 Å². The van der Waals surface area contributed by atoms with Gasteiger partial charge in [0.05, 0.1) is 14.8 Å². The largest absolute Gasteiger partial charge is 0.338 e. The molecular formula is C47H43NS2Si. The molecular weight excluding hydrogens is 671 g/mol. The van der Waals surface area contributed by atoms with Gasteiger partial charge in [-0.15, -0.1) is 23.1 Å². The first-order valence-corrected chi connectivity index (χ1v) is 23.3. The van der Waals surface area contributed by atoms with Gasteiger partial charge in [0.25, 0.3) is 0 Å². The molecule has 51 heavy (non-hydrogen) atoms. The monoisotopic (exact) mass is 713 g/mol. The Balaban J connectivity index is 0.995. The molecule has 6 unspecified atom stereocenters. The van der Waals surface area contributed by atoms with Gasteiger partial charge in [0.2, 0.25) is 0 Å². The highest BCUT2D eigenvalue weighted by molar-refractivity contribution is 8.01. The number of hydrogen-bond donors (Lipinski definition) is 0. The topological polar surface area (TPSA) is 3.24 Å². The second-order valence-corrected chi connectivity index (χ2v) is 20.8. The highest BCUT2D eigenvalue weighted by Gasteiger charge is 2.43. The van der Waals surface area contributed by atoms with Gasteiger partial charge in [-0.1, -0.05) is 115 Å². The van der Waals surface area contributed by atoms with E-state index < -0.39 is 8.80 Å². The lowest BCUT2D eigenvalue weighted by molar-refractivity contribution is 0.346. The molecule has 1 fully saturated rings. The number of benzene rings is 3. The lowest BCUT2D eigenvalue weighted by Gasteiger charge is -2.40. The third kappa shape index (κ3) is 4.86. The third-order valence-electron chi connectivity index (χ3n) is 13.0. The summed E-state index contributed by atoms with van der Waals surface area (Å²) in [5.74, 6) is 1.26. The SMILES string of the molecule is C[SiH]1C2=C(C=CC(N(C3=CC4C(C=C3)SC3CCC=CC34)C3=CC=C(C4=c5ccccc5=CCC4)CC3)C2)c2c1ccc1c2sc2ccccc21. The van der Waals surface area contributed by atoms with Crippen molar-refractivity contribution in [3.05, 3.63) is 154 Å². The molecule has 0 bridgehead atoms. The molecule has 2 aliphatic heterocycles. The maximum atomic E-state index is 2.79. The van der Waals surface area contributed by atoms with Gasteiger partial charge < -0.3 is 4.90 Å². The second-order valence-electron chi connectivity index (χ2n) is 15.6. The highest BCUT2D eigenvalue weighted by atomic mass is 32.2. The van der Waals surface area contributed by atoms with Crippen LogP contribution in [0.4, 0.5) is 0 Å². The number of thioether (sulfide) groups is 1. The molecule has 1 aromatic heterocycles. The van der Waals surface area contributed by atoms with Gasteiger partial charge in [0, 0.05) is 48.0 Å². The Hall–Kier alpha value is -3.83. The van der Waals surface area contributed by atoms with Crippen LogP contribution >= 0.6 is 23.1 Å². The van der Waals surface area contributed by atoms with Gasteiger partial charge in [-0.05, 0) is 107 Å². The molecule has 0 amide bonds. The van der Waals surface area contributed by atoms with Crippen molar-refractivity contribution in [1.29, 1.82) is 0 Å². The number of hydrogen-bond acceptors (Lipinski definition) is 3. The zero-order valence-corrected chi connectivity index (χ0v) is 32.0. The van der Waals surface area contributed by atoms with Crippen molar-refractivity contribution in [3.8, 4) is 0 Å². The first kappa shape index (κ1) is 30.8. The summed E-state index contributed by atoms with van der Waals surface area (Å²) in [5, 5.41) is 10.5. The molecule has 0 saturated carbocycles. The van der Waals surface area contributed by atoms with E-state index in [0.717, 1.165) is 37.4 Å². The molecule has 252 valence electrons. The van der Waals surface area contributed by atoms with E-state index in [-0.39, 0.29) is 0 Å². The highest BCUT2D eigenvalue weighted by Crippen LogP contribution is 2.52. The van der Waals surface area contributed by atoms with Crippen LogP contribution in [0.2, 0.25) is 6.55 Å². The predicted octanol–water partition coefficient (Wildman–Crippen LogP) is 9.60. The third-order valence-corrected chi connectivity index (χ3v) is 18.9. The summed E-state index contributed by atoms with van der Waals surface area (Å²) >= 11 is 4.24. The average Bonchev–Trinajstić information content (AvgIpc) is 3.84. The van der Waals surface area contributed by atoms with Crippen LogP contribution in [0.5, 0.6) is 0 Å². The fourth-order valence-electron chi connectivity index (χ4n) is 10.5.